The second-order valence-electron chi connectivity index (χ2n) is 3.73. The quantitative estimate of drug-likeness (QED) is 0.725. The summed E-state index contributed by atoms with van der Waals surface area (Å²) in [7, 11) is 0.332. The van der Waals surface area contributed by atoms with Crippen molar-refractivity contribution in [1.82, 2.24) is 0 Å². The summed E-state index contributed by atoms with van der Waals surface area (Å²) in [6.07, 6.45) is 4.38. The lowest BCUT2D eigenvalue weighted by Crippen LogP contribution is -2.19. The van der Waals surface area contributed by atoms with Crippen LogP contribution in [0.15, 0.2) is 30.3 Å². The average Bonchev–Trinajstić information content (AvgIpc) is 2.69. The zero-order valence-electron chi connectivity index (χ0n) is 9.14. The molecular weight excluding hydrogens is 204 g/mol. The molecule has 2 unspecified atom stereocenters. The SMILES string of the molecule is CO[SiH](C)OCC1C=Cc2ccccc21. The molecule has 2 rings (SSSR count). The van der Waals surface area contributed by atoms with Crippen LogP contribution in [0.25, 0.3) is 6.08 Å². The van der Waals surface area contributed by atoms with E-state index in [1.165, 1.54) is 11.1 Å². The fourth-order valence-corrected chi connectivity index (χ4v) is 2.39. The predicted molar refractivity (Wildman–Crippen MR) is 64.2 cm³/mol. The maximum absolute atomic E-state index is 5.70. The van der Waals surface area contributed by atoms with Crippen molar-refractivity contribution in [3.63, 3.8) is 0 Å². The van der Waals surface area contributed by atoms with Gasteiger partial charge in [0.1, 0.15) is 0 Å². The number of fused-ring (bicyclic) bond motifs is 1. The minimum absolute atomic E-state index is 0.409. The molecule has 0 heterocycles. The molecule has 0 spiro atoms. The highest BCUT2D eigenvalue weighted by Gasteiger charge is 2.17. The number of hydrogen-bond acceptors (Lipinski definition) is 2. The first-order chi connectivity index (χ1) is 7.31. The van der Waals surface area contributed by atoms with Crippen LogP contribution in [0.2, 0.25) is 6.55 Å². The summed E-state index contributed by atoms with van der Waals surface area (Å²) in [6, 6.07) is 8.46. The molecule has 2 nitrogen and oxygen atoms in total. The first kappa shape index (κ1) is 10.6. The minimum atomic E-state index is -1.39. The lowest BCUT2D eigenvalue weighted by molar-refractivity contribution is 0.229. The molecule has 0 aromatic heterocycles. The van der Waals surface area contributed by atoms with Crippen LogP contribution in [0.3, 0.4) is 0 Å². The van der Waals surface area contributed by atoms with Gasteiger partial charge in [0, 0.05) is 19.6 Å². The van der Waals surface area contributed by atoms with Crippen molar-refractivity contribution in [2.75, 3.05) is 13.7 Å². The lowest BCUT2D eigenvalue weighted by Gasteiger charge is -2.14. The molecule has 1 aromatic carbocycles. The number of hydrogen-bond donors (Lipinski definition) is 0. The van der Waals surface area contributed by atoms with Crippen molar-refractivity contribution in [3.8, 4) is 0 Å². The molecule has 0 bridgehead atoms. The van der Waals surface area contributed by atoms with E-state index in [4.69, 9.17) is 8.85 Å². The summed E-state index contributed by atoms with van der Waals surface area (Å²) in [5.41, 5.74) is 2.69. The molecule has 0 N–H and O–H groups in total. The third kappa shape index (κ3) is 2.37. The molecule has 1 aliphatic rings. The lowest BCUT2D eigenvalue weighted by atomic mass is 10.0. The van der Waals surface area contributed by atoms with Gasteiger partial charge in [-0.25, -0.2) is 0 Å². The maximum Gasteiger partial charge on any atom is 0.317 e. The Kier molecular flexibility index (Phi) is 3.36. The van der Waals surface area contributed by atoms with Gasteiger partial charge in [0.15, 0.2) is 0 Å². The van der Waals surface area contributed by atoms with E-state index in [1.807, 2.05) is 6.55 Å². The summed E-state index contributed by atoms with van der Waals surface area (Å²) < 4.78 is 10.9. The van der Waals surface area contributed by atoms with E-state index in [9.17, 15) is 0 Å². The molecule has 0 saturated carbocycles. The Morgan fingerprint density at radius 1 is 1.33 bits per heavy atom. The first-order valence-corrected chi connectivity index (χ1v) is 7.32. The molecule has 0 saturated heterocycles. The number of benzene rings is 1. The standard InChI is InChI=1S/C12H16O2Si/c1-13-15(2)14-9-11-8-7-10-5-3-4-6-12(10)11/h3-8,11,15H,9H2,1-2H3. The van der Waals surface area contributed by atoms with Gasteiger partial charge in [0.2, 0.25) is 0 Å². The Hall–Kier alpha value is -0.903. The number of rotatable bonds is 4. The summed E-state index contributed by atoms with van der Waals surface area (Å²) in [5.74, 6) is 0.409. The Bertz CT molecular complexity index is 362. The van der Waals surface area contributed by atoms with Crippen LogP contribution in [-0.2, 0) is 8.85 Å². The van der Waals surface area contributed by atoms with Gasteiger partial charge >= 0.3 is 9.28 Å². The van der Waals surface area contributed by atoms with Gasteiger partial charge in [-0.3, -0.25) is 0 Å². The van der Waals surface area contributed by atoms with Gasteiger partial charge < -0.3 is 8.85 Å². The maximum atomic E-state index is 5.70. The second kappa shape index (κ2) is 4.75. The summed E-state index contributed by atoms with van der Waals surface area (Å²) >= 11 is 0. The Labute approximate surface area is 92.4 Å². The van der Waals surface area contributed by atoms with E-state index < -0.39 is 9.28 Å². The van der Waals surface area contributed by atoms with Crippen molar-refractivity contribution < 1.29 is 8.85 Å². The highest BCUT2D eigenvalue weighted by atomic mass is 28.3. The summed E-state index contributed by atoms with van der Waals surface area (Å²) in [5, 5.41) is 0. The van der Waals surface area contributed by atoms with Gasteiger partial charge in [-0.1, -0.05) is 36.4 Å². The van der Waals surface area contributed by atoms with Gasteiger partial charge in [0.25, 0.3) is 0 Å². The molecule has 0 aliphatic heterocycles. The van der Waals surface area contributed by atoms with E-state index in [2.05, 4.69) is 36.4 Å². The fraction of sp³-hybridized carbons (Fsp3) is 0.333. The highest BCUT2D eigenvalue weighted by molar-refractivity contribution is 6.42. The normalized spacial score (nSPS) is 20.3. The van der Waals surface area contributed by atoms with E-state index in [0.717, 1.165) is 6.61 Å². The van der Waals surface area contributed by atoms with Crippen LogP contribution in [-0.4, -0.2) is 23.0 Å². The summed E-state index contributed by atoms with van der Waals surface area (Å²) in [6.45, 7) is 2.79. The van der Waals surface area contributed by atoms with Crippen LogP contribution >= 0.6 is 0 Å². The fourth-order valence-electron chi connectivity index (χ4n) is 1.78. The predicted octanol–water partition coefficient (Wildman–Crippen LogP) is 2.31. The Morgan fingerprint density at radius 2 is 2.13 bits per heavy atom. The van der Waals surface area contributed by atoms with Gasteiger partial charge in [-0.2, -0.15) is 0 Å². The monoisotopic (exact) mass is 220 g/mol. The molecule has 2 atom stereocenters. The first-order valence-electron chi connectivity index (χ1n) is 5.23. The molecule has 0 fully saturated rings. The Morgan fingerprint density at radius 3 is 2.93 bits per heavy atom. The third-order valence-corrected chi connectivity index (χ3v) is 4.07. The largest absolute Gasteiger partial charge is 0.400 e. The molecule has 3 heteroatoms. The van der Waals surface area contributed by atoms with Crippen LogP contribution in [0, 0.1) is 0 Å². The molecule has 1 aromatic rings. The highest BCUT2D eigenvalue weighted by Crippen LogP contribution is 2.29. The van der Waals surface area contributed by atoms with Crippen molar-refractivity contribution in [3.05, 3.63) is 41.5 Å². The molecule has 0 radical (unpaired) electrons. The summed E-state index contributed by atoms with van der Waals surface area (Å²) in [4.78, 5) is 0. The topological polar surface area (TPSA) is 18.5 Å². The van der Waals surface area contributed by atoms with Crippen molar-refractivity contribution in [1.29, 1.82) is 0 Å². The Balaban J connectivity index is 1.99. The average molecular weight is 220 g/mol. The molecule has 0 amide bonds. The van der Waals surface area contributed by atoms with Crippen LogP contribution in [0.4, 0.5) is 0 Å². The van der Waals surface area contributed by atoms with Crippen molar-refractivity contribution in [2.24, 2.45) is 0 Å². The molecular formula is C12H16O2Si. The second-order valence-corrected chi connectivity index (χ2v) is 5.67. The van der Waals surface area contributed by atoms with Crippen LogP contribution < -0.4 is 0 Å². The minimum Gasteiger partial charge on any atom is -0.400 e. The van der Waals surface area contributed by atoms with Crippen LogP contribution in [0.5, 0.6) is 0 Å². The van der Waals surface area contributed by atoms with E-state index in [1.54, 1.807) is 7.11 Å². The molecule has 80 valence electrons. The zero-order valence-corrected chi connectivity index (χ0v) is 10.3. The van der Waals surface area contributed by atoms with Gasteiger partial charge in [-0.05, 0) is 17.7 Å². The van der Waals surface area contributed by atoms with Crippen molar-refractivity contribution in [2.45, 2.75) is 12.5 Å². The van der Waals surface area contributed by atoms with Crippen LogP contribution in [0.1, 0.15) is 17.0 Å². The van der Waals surface area contributed by atoms with Gasteiger partial charge in [0.05, 0.1) is 0 Å². The smallest absolute Gasteiger partial charge is 0.317 e. The third-order valence-electron chi connectivity index (χ3n) is 2.75. The molecule has 1 aliphatic carbocycles. The molecule has 15 heavy (non-hydrogen) atoms. The van der Waals surface area contributed by atoms with Crippen molar-refractivity contribution >= 4 is 15.4 Å². The van der Waals surface area contributed by atoms with E-state index in [-0.39, 0.29) is 0 Å². The van der Waals surface area contributed by atoms with Gasteiger partial charge in [-0.15, -0.1) is 0 Å². The van der Waals surface area contributed by atoms with E-state index >= 15 is 0 Å². The van der Waals surface area contributed by atoms with E-state index in [0.29, 0.717) is 5.92 Å². The zero-order chi connectivity index (χ0) is 10.7.